The normalized spacial score (nSPS) is 47.2. The van der Waals surface area contributed by atoms with Crippen LogP contribution in [-0.4, -0.2) is 54.9 Å². The smallest absolute Gasteiger partial charge is 0.303 e. The van der Waals surface area contributed by atoms with Crippen molar-refractivity contribution >= 4 is 11.8 Å². The first kappa shape index (κ1) is 30.0. The largest absolute Gasteiger partial charge is 0.481 e. The molecule has 2 aliphatic heterocycles. The molecule has 6 fully saturated rings. The number of carbonyl (C=O) groups excluding carboxylic acids is 1. The zero-order chi connectivity index (χ0) is 28.8. The van der Waals surface area contributed by atoms with Gasteiger partial charge in [-0.1, -0.05) is 20.8 Å². The second-order valence-corrected chi connectivity index (χ2v) is 15.1. The molecule has 7 nitrogen and oxygen atoms in total. The molecule has 2 saturated heterocycles. The van der Waals surface area contributed by atoms with Crippen molar-refractivity contribution in [3.63, 3.8) is 0 Å². The third kappa shape index (κ3) is 5.67. The van der Waals surface area contributed by atoms with E-state index in [9.17, 15) is 14.7 Å². The van der Waals surface area contributed by atoms with Crippen molar-refractivity contribution in [2.45, 2.75) is 142 Å². The van der Waals surface area contributed by atoms with Gasteiger partial charge >= 0.3 is 5.97 Å². The molecule has 6 aliphatic rings. The van der Waals surface area contributed by atoms with E-state index in [-0.39, 0.29) is 53.9 Å². The van der Waals surface area contributed by atoms with Gasteiger partial charge in [-0.2, -0.15) is 0 Å². The fraction of sp³-hybridized carbons (Fsp3) is 0.941. The van der Waals surface area contributed by atoms with E-state index < -0.39 is 5.97 Å². The van der Waals surface area contributed by atoms with E-state index in [2.05, 4.69) is 20.8 Å². The molecule has 41 heavy (non-hydrogen) atoms. The average molecular weight is 575 g/mol. The molecular formula is C34H54O7. The number of carboxylic acid groups (broad SMARTS) is 1. The molecule has 12 atom stereocenters. The summed E-state index contributed by atoms with van der Waals surface area (Å²) < 4.78 is 25.5. The third-order valence-electron chi connectivity index (χ3n) is 13.0. The first-order valence-corrected chi connectivity index (χ1v) is 17.0. The fourth-order valence-electron chi connectivity index (χ4n) is 10.7. The molecule has 0 spiro atoms. The molecule has 7 heteroatoms. The molecule has 0 bridgehead atoms. The van der Waals surface area contributed by atoms with Crippen molar-refractivity contribution in [1.82, 2.24) is 0 Å². The summed E-state index contributed by atoms with van der Waals surface area (Å²) in [5.41, 5.74) is -0.0351. The molecule has 4 aliphatic carbocycles. The van der Waals surface area contributed by atoms with Crippen molar-refractivity contribution < 1.29 is 33.6 Å². The van der Waals surface area contributed by atoms with Gasteiger partial charge in [-0.05, 0) is 118 Å². The van der Waals surface area contributed by atoms with Crippen LogP contribution in [0.25, 0.3) is 0 Å². The second kappa shape index (κ2) is 12.2. The zero-order valence-corrected chi connectivity index (χ0v) is 25.7. The van der Waals surface area contributed by atoms with Gasteiger partial charge in [-0.3, -0.25) is 9.59 Å². The standard InChI is InChI=1S/C34H54O7/c1-21(10-13-29(36)37)24-11-12-25-32-26(20-28(34(24,25)3)41-31-9-5-7-17-39-31)33(2)15-14-23(18-22(33)19-27(32)35)40-30-8-4-6-16-38-30/h21-26,28,30-32H,4-20H2,1-3H3,(H,36,37)/t21-,22+,23-,24-,25+,26+,28+,30?,31?,32+,33+,34-/m1/s1. The number of hydrogen-bond donors (Lipinski definition) is 1. The molecule has 0 aromatic rings. The Bertz CT molecular complexity index is 941. The van der Waals surface area contributed by atoms with Crippen LogP contribution in [0.4, 0.5) is 0 Å². The highest BCUT2D eigenvalue weighted by molar-refractivity contribution is 5.83. The van der Waals surface area contributed by atoms with Crippen molar-refractivity contribution in [2.75, 3.05) is 13.2 Å². The molecule has 1 N–H and O–H groups in total. The maximum absolute atomic E-state index is 14.2. The summed E-state index contributed by atoms with van der Waals surface area (Å²) in [5, 5.41) is 9.41. The molecule has 2 heterocycles. The summed E-state index contributed by atoms with van der Waals surface area (Å²) in [7, 11) is 0. The molecule has 0 aromatic carbocycles. The molecule has 6 rings (SSSR count). The fourth-order valence-corrected chi connectivity index (χ4v) is 10.7. The Balaban J connectivity index is 1.25. The summed E-state index contributed by atoms with van der Waals surface area (Å²) in [6.07, 6.45) is 14.1. The number of Topliss-reactive ketones (excluding diaryl/α,β-unsaturated/α-hetero) is 1. The molecule has 232 valence electrons. The van der Waals surface area contributed by atoms with Gasteiger partial charge in [-0.25, -0.2) is 0 Å². The highest BCUT2D eigenvalue weighted by Crippen LogP contribution is 2.68. The maximum Gasteiger partial charge on any atom is 0.303 e. The number of ketones is 1. The SMILES string of the molecule is C[C@H](CCC(=O)O)[C@H]1CC[C@H]2[C@@H]3C(=O)C[C@@H]4C[C@H](OC5CCCCO5)CC[C@]4(C)[C@H]3C[C@H](OC3CCCCO3)[C@]12C. The monoisotopic (exact) mass is 574 g/mol. The van der Waals surface area contributed by atoms with E-state index in [0.717, 1.165) is 83.8 Å². The van der Waals surface area contributed by atoms with Gasteiger partial charge in [0.2, 0.25) is 0 Å². The van der Waals surface area contributed by atoms with Crippen LogP contribution in [0, 0.1) is 46.3 Å². The molecule has 0 aromatic heterocycles. The van der Waals surface area contributed by atoms with Gasteiger partial charge in [0.05, 0.1) is 12.2 Å². The van der Waals surface area contributed by atoms with Crippen LogP contribution in [0.3, 0.4) is 0 Å². The van der Waals surface area contributed by atoms with Gasteiger partial charge in [0.1, 0.15) is 5.78 Å². The van der Waals surface area contributed by atoms with Crippen molar-refractivity contribution in [1.29, 1.82) is 0 Å². The molecular weight excluding hydrogens is 520 g/mol. The molecule has 0 radical (unpaired) electrons. The third-order valence-corrected chi connectivity index (χ3v) is 13.0. The predicted molar refractivity (Wildman–Crippen MR) is 154 cm³/mol. The van der Waals surface area contributed by atoms with Gasteiger partial charge < -0.3 is 24.1 Å². The molecule has 0 amide bonds. The Hall–Kier alpha value is -1.02. The minimum absolute atomic E-state index is 0.0321. The molecule has 4 saturated carbocycles. The summed E-state index contributed by atoms with van der Waals surface area (Å²) >= 11 is 0. The van der Waals surface area contributed by atoms with Crippen LogP contribution >= 0.6 is 0 Å². The predicted octanol–water partition coefficient (Wildman–Crippen LogP) is 6.76. The van der Waals surface area contributed by atoms with Crippen molar-refractivity contribution in [3.8, 4) is 0 Å². The van der Waals surface area contributed by atoms with Gasteiger partial charge in [0, 0.05) is 37.4 Å². The summed E-state index contributed by atoms with van der Waals surface area (Å²) in [4.78, 5) is 25.6. The highest BCUT2D eigenvalue weighted by atomic mass is 16.7. The van der Waals surface area contributed by atoms with Crippen LogP contribution < -0.4 is 0 Å². The lowest BCUT2D eigenvalue weighted by atomic mass is 9.43. The number of aliphatic carboxylic acids is 1. The molecule has 2 unspecified atom stereocenters. The Morgan fingerprint density at radius 1 is 0.951 bits per heavy atom. The van der Waals surface area contributed by atoms with Crippen LogP contribution in [0.5, 0.6) is 0 Å². The van der Waals surface area contributed by atoms with Crippen molar-refractivity contribution in [3.05, 3.63) is 0 Å². The number of carboxylic acids is 1. The quantitative estimate of drug-likeness (QED) is 0.320. The van der Waals surface area contributed by atoms with Crippen LogP contribution in [0.1, 0.15) is 117 Å². The Morgan fingerprint density at radius 3 is 2.32 bits per heavy atom. The lowest BCUT2D eigenvalue weighted by Gasteiger charge is -2.62. The maximum atomic E-state index is 14.2. The minimum Gasteiger partial charge on any atom is -0.481 e. The highest BCUT2D eigenvalue weighted by Gasteiger charge is 2.66. The minimum atomic E-state index is -0.722. The lowest BCUT2D eigenvalue weighted by molar-refractivity contribution is -0.256. The summed E-state index contributed by atoms with van der Waals surface area (Å²) in [6, 6.07) is 0. The van der Waals surface area contributed by atoms with Crippen LogP contribution in [0.2, 0.25) is 0 Å². The number of rotatable bonds is 8. The van der Waals surface area contributed by atoms with E-state index >= 15 is 0 Å². The Labute approximate surface area is 246 Å². The van der Waals surface area contributed by atoms with E-state index in [1.807, 2.05) is 0 Å². The average Bonchev–Trinajstić information content (AvgIpc) is 3.32. The van der Waals surface area contributed by atoms with E-state index in [0.29, 0.717) is 42.3 Å². The van der Waals surface area contributed by atoms with Gasteiger partial charge in [-0.15, -0.1) is 0 Å². The number of carbonyl (C=O) groups is 2. The van der Waals surface area contributed by atoms with Crippen LogP contribution in [0.15, 0.2) is 0 Å². The zero-order valence-electron chi connectivity index (χ0n) is 25.7. The lowest BCUT2D eigenvalue weighted by Crippen LogP contribution is -2.62. The van der Waals surface area contributed by atoms with Crippen LogP contribution in [-0.2, 0) is 28.5 Å². The topological polar surface area (TPSA) is 91.3 Å². The Kier molecular flexibility index (Phi) is 8.91. The number of fused-ring (bicyclic) bond motifs is 5. The first-order valence-electron chi connectivity index (χ1n) is 17.0. The van der Waals surface area contributed by atoms with Gasteiger partial charge in [0.15, 0.2) is 12.6 Å². The Morgan fingerprint density at radius 2 is 1.66 bits per heavy atom. The number of hydrogen-bond acceptors (Lipinski definition) is 6. The van der Waals surface area contributed by atoms with Crippen molar-refractivity contribution in [2.24, 2.45) is 46.3 Å². The summed E-state index contributed by atoms with van der Waals surface area (Å²) in [6.45, 7) is 8.66. The van der Waals surface area contributed by atoms with E-state index in [1.54, 1.807) is 0 Å². The van der Waals surface area contributed by atoms with Gasteiger partial charge in [0.25, 0.3) is 0 Å². The summed E-state index contributed by atoms with van der Waals surface area (Å²) in [5.74, 6) is 1.44. The second-order valence-electron chi connectivity index (χ2n) is 15.1. The number of ether oxygens (including phenoxy) is 4. The first-order chi connectivity index (χ1) is 19.7. The van der Waals surface area contributed by atoms with E-state index in [4.69, 9.17) is 18.9 Å². The van der Waals surface area contributed by atoms with E-state index in [1.165, 1.54) is 6.42 Å².